The van der Waals surface area contributed by atoms with Crippen LogP contribution in [0.2, 0.25) is 0 Å². The zero-order valence-corrected chi connectivity index (χ0v) is 38.9. The number of carbonyl (C=O) groups excluding carboxylic acids is 2. The molecule has 0 unspecified atom stereocenters. The fraction of sp³-hybridized carbons (Fsp3) is 0.358. The van der Waals surface area contributed by atoms with E-state index >= 15 is 0 Å². The van der Waals surface area contributed by atoms with E-state index in [0.717, 1.165) is 97.2 Å². The number of piperazine rings is 1. The molecule has 0 bridgehead atoms. The highest BCUT2D eigenvalue weighted by atomic mass is 16.4. The van der Waals surface area contributed by atoms with Gasteiger partial charge in [0.15, 0.2) is 0 Å². The maximum absolute atomic E-state index is 13.5. The van der Waals surface area contributed by atoms with Gasteiger partial charge in [-0.25, -0.2) is 9.37 Å². The van der Waals surface area contributed by atoms with Gasteiger partial charge < -0.3 is 39.8 Å². The van der Waals surface area contributed by atoms with Crippen molar-refractivity contribution < 1.29 is 34.1 Å². The van der Waals surface area contributed by atoms with E-state index in [4.69, 9.17) is 4.42 Å². The summed E-state index contributed by atoms with van der Waals surface area (Å²) >= 11 is 0. The molecule has 1 aliphatic carbocycles. The number of carboxylic acid groups (broad SMARTS) is 1. The molecule has 1 saturated heterocycles. The first-order valence-corrected chi connectivity index (χ1v) is 22.9. The van der Waals surface area contributed by atoms with Crippen LogP contribution in [-0.2, 0) is 19.6 Å². The SMILES string of the molecule is CC(C)c1cc(C(=O)N2Cc3ccc(CN4CCN(CCCCCNC(=O)c5ccc(-c6c7ccc(=[N+](C)C)cc-7oc7cc(N(C)C)ccc67)c(C(=O)O)c5)CC4)cc3C2)c(O)cc1O. The Hall–Kier alpha value is -6.70. The van der Waals surface area contributed by atoms with Gasteiger partial charge in [-0.2, -0.15) is 0 Å². The number of carbonyl (C=O) groups is 3. The number of hydrogen-bond acceptors (Lipinski definition) is 9. The molecule has 4 aromatic rings. The minimum absolute atomic E-state index is 0.00390. The second kappa shape index (κ2) is 19.4. The molecule has 0 spiro atoms. The lowest BCUT2D eigenvalue weighted by Gasteiger charge is -2.34. The fourth-order valence-electron chi connectivity index (χ4n) is 9.25. The molecule has 66 heavy (non-hydrogen) atoms. The van der Waals surface area contributed by atoms with Crippen molar-refractivity contribution in [2.75, 3.05) is 72.4 Å². The predicted octanol–water partition coefficient (Wildman–Crippen LogP) is 7.41. The normalized spacial score (nSPS) is 14.3. The number of unbranched alkanes of at least 4 members (excludes halogenated alkanes) is 2. The third kappa shape index (κ3) is 9.78. The molecule has 8 rings (SSSR count). The van der Waals surface area contributed by atoms with Gasteiger partial charge in [-0.05, 0) is 89.5 Å². The summed E-state index contributed by atoms with van der Waals surface area (Å²) in [6.07, 6.45) is 2.80. The van der Waals surface area contributed by atoms with E-state index in [-0.39, 0.29) is 40.4 Å². The topological polar surface area (TPSA) is 153 Å². The number of fused-ring (bicyclic) bond motifs is 3. The summed E-state index contributed by atoms with van der Waals surface area (Å²) < 4.78 is 8.43. The van der Waals surface area contributed by atoms with Gasteiger partial charge >= 0.3 is 5.97 Å². The number of phenols is 2. The van der Waals surface area contributed by atoms with Crippen LogP contribution in [0.1, 0.15) is 92.4 Å². The lowest BCUT2D eigenvalue weighted by atomic mass is 9.89. The lowest BCUT2D eigenvalue weighted by Crippen LogP contribution is -2.46. The summed E-state index contributed by atoms with van der Waals surface area (Å²) in [7, 11) is 7.84. The third-order valence-corrected chi connectivity index (χ3v) is 13.1. The molecule has 13 heteroatoms. The molecule has 344 valence electrons. The number of phenolic OH excluding ortho intramolecular Hbond substituents is 2. The van der Waals surface area contributed by atoms with Gasteiger partial charge in [-0.1, -0.05) is 44.5 Å². The number of anilines is 1. The van der Waals surface area contributed by atoms with E-state index in [2.05, 4.69) is 33.3 Å². The molecule has 0 aromatic heterocycles. The second-order valence-electron chi connectivity index (χ2n) is 18.5. The first-order chi connectivity index (χ1) is 31.6. The van der Waals surface area contributed by atoms with Crippen LogP contribution in [0.4, 0.5) is 5.69 Å². The quantitative estimate of drug-likeness (QED) is 0.0494. The highest BCUT2D eigenvalue weighted by Gasteiger charge is 2.29. The Bertz CT molecular complexity index is 2850. The third-order valence-electron chi connectivity index (χ3n) is 13.1. The van der Waals surface area contributed by atoms with Crippen LogP contribution in [0.15, 0.2) is 89.3 Å². The molecular formula is C53H61N6O7+. The monoisotopic (exact) mass is 893 g/mol. The number of carboxylic acids is 1. The Morgan fingerprint density at radius 3 is 2.24 bits per heavy atom. The van der Waals surface area contributed by atoms with Crippen molar-refractivity contribution in [2.45, 2.75) is 58.7 Å². The number of rotatable bonds is 14. The summed E-state index contributed by atoms with van der Waals surface area (Å²) in [6.45, 7) is 11.1. The van der Waals surface area contributed by atoms with Gasteiger partial charge in [-0.3, -0.25) is 14.5 Å². The van der Waals surface area contributed by atoms with Crippen LogP contribution in [0.3, 0.4) is 0 Å². The van der Waals surface area contributed by atoms with E-state index in [1.165, 1.54) is 17.7 Å². The summed E-state index contributed by atoms with van der Waals surface area (Å²) in [5, 5.41) is 36.0. The average Bonchev–Trinajstić information content (AvgIpc) is 3.72. The first kappa shape index (κ1) is 45.9. The van der Waals surface area contributed by atoms with Crippen molar-refractivity contribution in [1.82, 2.24) is 24.6 Å². The minimum atomic E-state index is -1.11. The van der Waals surface area contributed by atoms with Crippen LogP contribution in [0, 0.1) is 0 Å². The van der Waals surface area contributed by atoms with Crippen LogP contribution in [0.25, 0.3) is 33.4 Å². The zero-order chi connectivity index (χ0) is 46.8. The molecular weight excluding hydrogens is 833 g/mol. The van der Waals surface area contributed by atoms with Crippen molar-refractivity contribution >= 4 is 34.4 Å². The maximum Gasteiger partial charge on any atom is 0.336 e. The largest absolute Gasteiger partial charge is 0.508 e. The van der Waals surface area contributed by atoms with E-state index in [1.54, 1.807) is 23.1 Å². The molecule has 0 radical (unpaired) electrons. The van der Waals surface area contributed by atoms with Gasteiger partial charge in [0.05, 0.1) is 17.2 Å². The number of nitrogens with zero attached hydrogens (tertiary/aromatic N) is 5. The summed E-state index contributed by atoms with van der Waals surface area (Å²) in [5.41, 5.74) is 8.29. The number of aromatic hydroxyl groups is 2. The average molecular weight is 894 g/mol. The van der Waals surface area contributed by atoms with Gasteiger partial charge in [-0.15, -0.1) is 0 Å². The molecule has 3 aliphatic heterocycles. The first-order valence-electron chi connectivity index (χ1n) is 22.9. The Balaban J connectivity index is 0.809. The molecule has 1 fully saturated rings. The molecule has 4 N–H and O–H groups in total. The Kier molecular flexibility index (Phi) is 13.5. The summed E-state index contributed by atoms with van der Waals surface area (Å²) in [5.74, 6) is -1.22. The lowest BCUT2D eigenvalue weighted by molar-refractivity contribution is 0.0696. The van der Waals surface area contributed by atoms with Gasteiger partial charge in [0.25, 0.3) is 11.8 Å². The molecule has 2 amide bonds. The van der Waals surface area contributed by atoms with E-state index in [1.807, 2.05) is 87.9 Å². The van der Waals surface area contributed by atoms with Crippen molar-refractivity contribution in [3.8, 4) is 33.9 Å². The number of hydrogen-bond donors (Lipinski definition) is 4. The number of benzene rings is 5. The van der Waals surface area contributed by atoms with E-state index in [0.29, 0.717) is 47.7 Å². The van der Waals surface area contributed by atoms with Crippen LogP contribution in [0.5, 0.6) is 11.5 Å². The van der Waals surface area contributed by atoms with Gasteiger partial charge in [0.2, 0.25) is 5.36 Å². The number of amides is 2. The van der Waals surface area contributed by atoms with Crippen LogP contribution >= 0.6 is 0 Å². The molecule has 4 aromatic carbocycles. The van der Waals surface area contributed by atoms with Gasteiger partial charge in [0, 0.05) is 112 Å². The maximum atomic E-state index is 13.5. The second-order valence-corrected chi connectivity index (χ2v) is 18.5. The van der Waals surface area contributed by atoms with Gasteiger partial charge in [0.1, 0.15) is 36.9 Å². The van der Waals surface area contributed by atoms with E-state index in [9.17, 15) is 29.7 Å². The molecule has 0 saturated carbocycles. The highest BCUT2D eigenvalue weighted by Crippen LogP contribution is 2.42. The zero-order valence-electron chi connectivity index (χ0n) is 38.9. The fourth-order valence-corrected chi connectivity index (χ4v) is 9.25. The Morgan fingerprint density at radius 2 is 1.52 bits per heavy atom. The van der Waals surface area contributed by atoms with Crippen molar-refractivity contribution in [1.29, 1.82) is 0 Å². The predicted molar refractivity (Wildman–Crippen MR) is 258 cm³/mol. The van der Waals surface area contributed by atoms with Crippen LogP contribution in [-0.4, -0.2) is 115 Å². The number of aromatic carboxylic acids is 1. The standard InChI is InChI=1S/C53H60N6O7/c1-33(2)43-28-45(47(61)29-46(43)60)52(63)59-31-36-11-10-34(24-37(36)32-59)30-58-22-20-57(21-23-58)19-9-7-8-18-54-51(62)35-12-15-40(44(25-35)53(64)65)50-41-16-13-38(55(3)4)26-48(41)66-49-27-39(56(5)6)14-17-42(49)50/h10-17,24-29,33H,7-9,18-23,30-32H2,1-6H3,(H3-,54,60,61,62,63,64,65)/p+1. The van der Waals surface area contributed by atoms with Crippen molar-refractivity contribution in [3.05, 3.63) is 129 Å². The minimum Gasteiger partial charge on any atom is -0.508 e. The van der Waals surface area contributed by atoms with Crippen molar-refractivity contribution in [3.63, 3.8) is 0 Å². The Labute approximate surface area is 386 Å². The molecule has 0 atom stereocenters. The molecule has 13 nitrogen and oxygen atoms in total. The van der Waals surface area contributed by atoms with Crippen LogP contribution < -0.4 is 20.1 Å². The summed E-state index contributed by atoms with van der Waals surface area (Å²) in [4.78, 5) is 48.4. The number of nitrogens with one attached hydrogen (secondary N) is 1. The molecule has 3 heterocycles. The Morgan fingerprint density at radius 1 is 0.773 bits per heavy atom. The van der Waals surface area contributed by atoms with Crippen molar-refractivity contribution in [2.24, 2.45) is 0 Å². The summed E-state index contributed by atoms with van der Waals surface area (Å²) in [6, 6.07) is 26.1. The molecule has 4 aliphatic rings. The smallest absolute Gasteiger partial charge is 0.336 e. The van der Waals surface area contributed by atoms with E-state index < -0.39 is 5.97 Å². The highest BCUT2D eigenvalue weighted by molar-refractivity contribution is 6.09.